The summed E-state index contributed by atoms with van der Waals surface area (Å²) in [6, 6.07) is 5.07. The number of methoxy groups -OCH3 is 2. The normalized spacial score (nSPS) is 23.8. The van der Waals surface area contributed by atoms with Gasteiger partial charge < -0.3 is 9.47 Å². The van der Waals surface area contributed by atoms with Crippen molar-refractivity contribution in [3.63, 3.8) is 0 Å². The van der Waals surface area contributed by atoms with E-state index in [1.54, 1.807) is 5.56 Å². The van der Waals surface area contributed by atoms with Crippen LogP contribution in [-0.2, 0) is 9.47 Å². The predicted octanol–water partition coefficient (Wildman–Crippen LogP) is 10.7. The molecule has 0 spiro atoms. The SMILES string of the molecule is COC1=CC=C(OC)C(P(C2CCCCC2)C2CCCCC2)C1c1c(C(C)C)cc(C(C)C)cc1C(C)C. The molecular formula is C35H55O2P. The molecule has 38 heavy (non-hydrogen) atoms. The summed E-state index contributed by atoms with van der Waals surface area (Å²) in [4.78, 5) is 0. The van der Waals surface area contributed by atoms with Crippen molar-refractivity contribution < 1.29 is 9.47 Å². The van der Waals surface area contributed by atoms with Crippen LogP contribution in [0.5, 0.6) is 0 Å². The number of benzene rings is 1. The lowest BCUT2D eigenvalue weighted by Gasteiger charge is -2.47. The number of allylic oxidation sites excluding steroid dienone is 4. The average molecular weight is 539 g/mol. The minimum absolute atomic E-state index is 0.242. The second-order valence-electron chi connectivity index (χ2n) is 13.1. The zero-order valence-corrected chi connectivity index (χ0v) is 26.6. The van der Waals surface area contributed by atoms with Crippen molar-refractivity contribution in [1.82, 2.24) is 0 Å². The molecular weight excluding hydrogens is 483 g/mol. The van der Waals surface area contributed by atoms with Crippen molar-refractivity contribution in [3.8, 4) is 0 Å². The zero-order valence-electron chi connectivity index (χ0n) is 25.7. The fourth-order valence-electron chi connectivity index (χ4n) is 7.57. The second kappa shape index (κ2) is 13.4. The van der Waals surface area contributed by atoms with Gasteiger partial charge in [0, 0.05) is 0 Å². The van der Waals surface area contributed by atoms with Gasteiger partial charge >= 0.3 is 0 Å². The molecule has 0 radical (unpaired) electrons. The van der Waals surface area contributed by atoms with Crippen LogP contribution in [0.3, 0.4) is 0 Å². The molecule has 0 N–H and O–H groups in total. The summed E-state index contributed by atoms with van der Waals surface area (Å²) in [5.41, 5.74) is 8.18. The summed E-state index contributed by atoms with van der Waals surface area (Å²) in [7, 11) is 3.57. The third kappa shape index (κ3) is 6.22. The van der Waals surface area contributed by atoms with Crippen LogP contribution in [0.15, 0.2) is 35.8 Å². The smallest absolute Gasteiger partial charge is 0.104 e. The molecule has 2 nitrogen and oxygen atoms in total. The summed E-state index contributed by atoms with van der Waals surface area (Å²) in [6.07, 6.45) is 18.6. The van der Waals surface area contributed by atoms with E-state index in [1.807, 2.05) is 14.2 Å². The van der Waals surface area contributed by atoms with Gasteiger partial charge in [0.15, 0.2) is 0 Å². The van der Waals surface area contributed by atoms with E-state index in [0.717, 1.165) is 17.1 Å². The van der Waals surface area contributed by atoms with Crippen molar-refractivity contribution in [2.45, 2.75) is 146 Å². The molecule has 2 unspecified atom stereocenters. The third-order valence-corrected chi connectivity index (χ3v) is 13.5. The lowest BCUT2D eigenvalue weighted by molar-refractivity contribution is 0.231. The Morgan fingerprint density at radius 1 is 0.632 bits per heavy atom. The van der Waals surface area contributed by atoms with Crippen LogP contribution < -0.4 is 0 Å². The van der Waals surface area contributed by atoms with Crippen LogP contribution >= 0.6 is 7.92 Å². The molecule has 3 aliphatic rings. The first-order chi connectivity index (χ1) is 18.3. The highest BCUT2D eigenvalue weighted by atomic mass is 31.1. The fraction of sp³-hybridized carbons (Fsp3) is 0.714. The van der Waals surface area contributed by atoms with E-state index in [-0.39, 0.29) is 13.8 Å². The molecule has 3 aliphatic carbocycles. The highest BCUT2D eigenvalue weighted by Crippen LogP contribution is 2.65. The third-order valence-electron chi connectivity index (χ3n) is 9.60. The predicted molar refractivity (Wildman–Crippen MR) is 166 cm³/mol. The molecule has 212 valence electrons. The summed E-state index contributed by atoms with van der Waals surface area (Å²) in [6.45, 7) is 14.2. The first-order valence-electron chi connectivity index (χ1n) is 15.7. The molecule has 1 aromatic rings. The molecule has 3 heteroatoms. The quantitative estimate of drug-likeness (QED) is 0.291. The maximum absolute atomic E-state index is 6.35. The highest BCUT2D eigenvalue weighted by molar-refractivity contribution is 7.60. The molecule has 0 amide bonds. The molecule has 2 saturated carbocycles. The van der Waals surface area contributed by atoms with E-state index in [2.05, 4.69) is 65.8 Å². The Bertz CT molecular complexity index is 929. The lowest BCUT2D eigenvalue weighted by atomic mass is 9.76. The summed E-state index contributed by atoms with van der Waals surface area (Å²) in [5, 5.41) is 0. The van der Waals surface area contributed by atoms with E-state index in [9.17, 15) is 0 Å². The minimum atomic E-state index is -0.253. The van der Waals surface area contributed by atoms with Crippen molar-refractivity contribution >= 4 is 7.92 Å². The molecule has 2 atom stereocenters. The van der Waals surface area contributed by atoms with Crippen molar-refractivity contribution in [3.05, 3.63) is 58.1 Å². The molecule has 0 bridgehead atoms. The molecule has 4 rings (SSSR count). The van der Waals surface area contributed by atoms with E-state index in [1.165, 1.54) is 86.7 Å². The topological polar surface area (TPSA) is 18.5 Å². The van der Waals surface area contributed by atoms with Gasteiger partial charge in [-0.3, -0.25) is 0 Å². The molecule has 0 saturated heterocycles. The van der Waals surface area contributed by atoms with Crippen LogP contribution in [0.4, 0.5) is 0 Å². The van der Waals surface area contributed by atoms with Gasteiger partial charge in [-0.05, 0) is 89.2 Å². The van der Waals surface area contributed by atoms with E-state index < -0.39 is 0 Å². The van der Waals surface area contributed by atoms with Crippen LogP contribution in [-0.4, -0.2) is 31.2 Å². The maximum Gasteiger partial charge on any atom is 0.104 e. The van der Waals surface area contributed by atoms with Crippen molar-refractivity contribution in [2.75, 3.05) is 14.2 Å². The van der Waals surface area contributed by atoms with E-state index in [0.29, 0.717) is 23.4 Å². The lowest BCUT2D eigenvalue weighted by Crippen LogP contribution is -2.35. The molecule has 1 aromatic carbocycles. The Morgan fingerprint density at radius 3 is 1.47 bits per heavy atom. The van der Waals surface area contributed by atoms with Crippen LogP contribution in [0.2, 0.25) is 0 Å². The summed E-state index contributed by atoms with van der Waals surface area (Å²) < 4.78 is 12.7. The molecule has 0 aliphatic heterocycles. The van der Waals surface area contributed by atoms with Gasteiger partial charge in [0.2, 0.25) is 0 Å². The Hall–Kier alpha value is -1.27. The summed E-state index contributed by atoms with van der Waals surface area (Å²) in [5.74, 6) is 4.06. The van der Waals surface area contributed by atoms with Crippen molar-refractivity contribution in [2.24, 2.45) is 0 Å². The largest absolute Gasteiger partial charge is 0.500 e. The van der Waals surface area contributed by atoms with Gasteiger partial charge in [-0.25, -0.2) is 0 Å². The average Bonchev–Trinajstić information content (AvgIpc) is 2.93. The molecule has 2 fully saturated rings. The zero-order chi connectivity index (χ0) is 27.4. The van der Waals surface area contributed by atoms with Crippen LogP contribution in [0, 0.1) is 0 Å². The Morgan fingerprint density at radius 2 is 1.08 bits per heavy atom. The van der Waals surface area contributed by atoms with Gasteiger partial charge in [0.05, 0.1) is 25.8 Å². The van der Waals surface area contributed by atoms with Gasteiger partial charge in [0.25, 0.3) is 0 Å². The Balaban J connectivity index is 1.96. The number of hydrogen-bond acceptors (Lipinski definition) is 2. The minimum Gasteiger partial charge on any atom is -0.500 e. The van der Waals surface area contributed by atoms with Crippen LogP contribution in [0.1, 0.15) is 152 Å². The Kier molecular flexibility index (Phi) is 10.5. The number of ether oxygens (including phenoxy) is 2. The number of rotatable bonds is 9. The van der Waals surface area contributed by atoms with Crippen molar-refractivity contribution in [1.29, 1.82) is 0 Å². The maximum atomic E-state index is 6.35. The first kappa shape index (κ1) is 29.7. The van der Waals surface area contributed by atoms with Gasteiger partial charge in [-0.1, -0.05) is 100 Å². The van der Waals surface area contributed by atoms with E-state index >= 15 is 0 Å². The van der Waals surface area contributed by atoms with Crippen LogP contribution in [0.25, 0.3) is 0 Å². The highest BCUT2D eigenvalue weighted by Gasteiger charge is 2.46. The Labute approximate surface area is 235 Å². The first-order valence-corrected chi connectivity index (χ1v) is 17.3. The molecule has 0 heterocycles. The fourth-order valence-corrected chi connectivity index (χ4v) is 12.1. The van der Waals surface area contributed by atoms with Gasteiger partial charge in [-0.15, -0.1) is 0 Å². The standard InChI is InChI=1S/C35H55O2P/c1-23(2)26-21-29(24(3)4)33(30(22-26)25(5)6)34-31(36-7)19-20-32(37-8)35(34)38(27-15-11-9-12-16-27)28-17-13-10-14-18-28/h19-25,27-28,34-35H,9-18H2,1-8H3. The monoisotopic (exact) mass is 538 g/mol. The summed E-state index contributed by atoms with van der Waals surface area (Å²) >= 11 is 0. The number of hydrogen-bond donors (Lipinski definition) is 0. The van der Waals surface area contributed by atoms with Gasteiger partial charge in [-0.2, -0.15) is 0 Å². The van der Waals surface area contributed by atoms with E-state index in [4.69, 9.17) is 9.47 Å². The second-order valence-corrected chi connectivity index (χ2v) is 16.0. The molecule has 0 aromatic heterocycles. The van der Waals surface area contributed by atoms with Gasteiger partial charge in [0.1, 0.15) is 11.5 Å².